The molecule has 0 aliphatic rings. The number of nitrogens with one attached hydrogen (secondary N) is 1. The van der Waals surface area contributed by atoms with Gasteiger partial charge in [0.2, 0.25) is 0 Å². The molecule has 0 aliphatic heterocycles. The Balaban J connectivity index is 0.000000248. The van der Waals surface area contributed by atoms with Crippen molar-refractivity contribution < 1.29 is 19.7 Å². The number of carbonyl (C=O) groups is 1. The van der Waals surface area contributed by atoms with Crippen LogP contribution in [-0.4, -0.2) is 29.8 Å². The maximum atomic E-state index is 10.2. The molecule has 0 aliphatic carbocycles. The largest absolute Gasteiger partial charge is 0.485 e. The molecule has 0 bridgehead atoms. The normalized spacial score (nSPS) is 12.2. The van der Waals surface area contributed by atoms with Crippen LogP contribution in [0, 0.1) is 6.92 Å². The molecular weight excluding hydrogens is 378 g/mol. The molecule has 0 spiro atoms. The zero-order chi connectivity index (χ0) is 21.8. The highest BCUT2D eigenvalue weighted by molar-refractivity contribution is 5.73. The minimum Gasteiger partial charge on any atom is -0.485 e. The summed E-state index contributed by atoms with van der Waals surface area (Å²) in [6, 6.07) is 26.8. The standard InChI is InChI=1S/C17H21NO.C8H8O3/c1-14-8-6-7-11-16(14)19-17(12-13-18-2)15-9-4-3-5-10-15;9-7(8(10)11)6-4-2-1-3-5-6/h3-11,17-18H,12-13H2,1-2H3;1-5,7,9H,(H,10,11)/t17-;7-/m11/s1. The van der Waals surface area contributed by atoms with Crippen molar-refractivity contribution in [1.82, 2.24) is 5.32 Å². The smallest absolute Gasteiger partial charge is 0.337 e. The summed E-state index contributed by atoms with van der Waals surface area (Å²) in [4.78, 5) is 10.2. The highest BCUT2D eigenvalue weighted by Crippen LogP contribution is 2.26. The molecule has 0 saturated carbocycles. The van der Waals surface area contributed by atoms with Crippen LogP contribution in [0.15, 0.2) is 84.9 Å². The first-order valence-corrected chi connectivity index (χ1v) is 9.90. The summed E-state index contributed by atoms with van der Waals surface area (Å²) in [5, 5.41) is 20.6. The van der Waals surface area contributed by atoms with Gasteiger partial charge in [-0.2, -0.15) is 0 Å². The molecule has 0 radical (unpaired) electrons. The van der Waals surface area contributed by atoms with Crippen LogP contribution in [0.1, 0.15) is 35.3 Å². The van der Waals surface area contributed by atoms with Crippen LogP contribution in [0.3, 0.4) is 0 Å². The van der Waals surface area contributed by atoms with Gasteiger partial charge < -0.3 is 20.3 Å². The number of hydrogen-bond acceptors (Lipinski definition) is 4. The van der Waals surface area contributed by atoms with Gasteiger partial charge in [-0.1, -0.05) is 78.9 Å². The molecule has 0 amide bonds. The van der Waals surface area contributed by atoms with Crippen molar-refractivity contribution in [2.75, 3.05) is 13.6 Å². The van der Waals surface area contributed by atoms with E-state index in [9.17, 15) is 4.79 Å². The van der Waals surface area contributed by atoms with Gasteiger partial charge in [0.05, 0.1) is 0 Å². The van der Waals surface area contributed by atoms with Crippen LogP contribution in [-0.2, 0) is 4.79 Å². The minimum atomic E-state index is -1.41. The van der Waals surface area contributed by atoms with E-state index in [-0.39, 0.29) is 6.10 Å². The third-order valence-corrected chi connectivity index (χ3v) is 4.54. The maximum absolute atomic E-state index is 10.2. The molecule has 0 unspecified atom stereocenters. The van der Waals surface area contributed by atoms with Crippen molar-refractivity contribution in [2.45, 2.75) is 25.6 Å². The third kappa shape index (κ3) is 7.35. The highest BCUT2D eigenvalue weighted by Gasteiger charge is 2.14. The predicted octanol–water partition coefficient (Wildman–Crippen LogP) is 4.53. The van der Waals surface area contributed by atoms with E-state index in [0.717, 1.165) is 18.7 Å². The van der Waals surface area contributed by atoms with Crippen LogP contribution >= 0.6 is 0 Å². The molecule has 0 saturated heterocycles. The average Bonchev–Trinajstić information content (AvgIpc) is 2.79. The van der Waals surface area contributed by atoms with Gasteiger partial charge in [-0.15, -0.1) is 0 Å². The van der Waals surface area contributed by atoms with E-state index < -0.39 is 12.1 Å². The monoisotopic (exact) mass is 407 g/mol. The van der Waals surface area contributed by atoms with Crippen molar-refractivity contribution in [1.29, 1.82) is 0 Å². The van der Waals surface area contributed by atoms with Gasteiger partial charge in [0.1, 0.15) is 11.9 Å². The van der Waals surface area contributed by atoms with Gasteiger partial charge in [-0.3, -0.25) is 0 Å². The number of carboxylic acid groups (broad SMARTS) is 1. The van der Waals surface area contributed by atoms with Gasteiger partial charge in [0.25, 0.3) is 0 Å². The molecule has 30 heavy (non-hydrogen) atoms. The van der Waals surface area contributed by atoms with E-state index in [1.54, 1.807) is 30.3 Å². The first-order valence-electron chi connectivity index (χ1n) is 9.90. The maximum Gasteiger partial charge on any atom is 0.337 e. The molecule has 3 aromatic carbocycles. The lowest BCUT2D eigenvalue weighted by Crippen LogP contribution is -2.16. The first kappa shape index (κ1) is 23.1. The topological polar surface area (TPSA) is 78.8 Å². The number of aliphatic hydroxyl groups excluding tert-OH is 1. The summed E-state index contributed by atoms with van der Waals surface area (Å²) in [6.45, 7) is 3.01. The molecule has 3 rings (SSSR count). The highest BCUT2D eigenvalue weighted by atomic mass is 16.5. The first-order chi connectivity index (χ1) is 14.5. The molecular formula is C25H29NO4. The van der Waals surface area contributed by atoms with Crippen molar-refractivity contribution in [3.63, 3.8) is 0 Å². The summed E-state index contributed by atoms with van der Waals surface area (Å²) in [7, 11) is 1.97. The molecule has 158 valence electrons. The van der Waals surface area contributed by atoms with Crippen molar-refractivity contribution in [2.24, 2.45) is 0 Å². The Labute approximate surface area is 178 Å². The lowest BCUT2D eigenvalue weighted by atomic mass is 10.1. The second-order valence-electron chi connectivity index (χ2n) is 6.83. The van der Waals surface area contributed by atoms with Crippen LogP contribution in [0.5, 0.6) is 5.75 Å². The third-order valence-electron chi connectivity index (χ3n) is 4.54. The van der Waals surface area contributed by atoms with Gasteiger partial charge in [-0.25, -0.2) is 4.79 Å². The van der Waals surface area contributed by atoms with Crippen LogP contribution < -0.4 is 10.1 Å². The summed E-state index contributed by atoms with van der Waals surface area (Å²) >= 11 is 0. The van der Waals surface area contributed by atoms with E-state index in [1.165, 1.54) is 11.1 Å². The number of aryl methyl sites for hydroxylation is 1. The number of carboxylic acids is 1. The quantitative estimate of drug-likeness (QED) is 0.511. The molecule has 0 heterocycles. The summed E-state index contributed by atoms with van der Waals surface area (Å²) in [6.07, 6.45) is -0.361. The molecule has 0 fully saturated rings. The lowest BCUT2D eigenvalue weighted by Gasteiger charge is -2.20. The Morgan fingerprint density at radius 2 is 1.43 bits per heavy atom. The Morgan fingerprint density at radius 1 is 0.900 bits per heavy atom. The second kappa shape index (κ2) is 12.4. The molecule has 3 N–H and O–H groups in total. The molecule has 3 aromatic rings. The van der Waals surface area contributed by atoms with E-state index in [0.29, 0.717) is 5.56 Å². The van der Waals surface area contributed by atoms with Crippen LogP contribution in [0.4, 0.5) is 0 Å². The van der Waals surface area contributed by atoms with Crippen LogP contribution in [0.2, 0.25) is 0 Å². The summed E-state index contributed by atoms with van der Waals surface area (Å²) in [5.41, 5.74) is 2.80. The van der Waals surface area contributed by atoms with E-state index >= 15 is 0 Å². The fraction of sp³-hybridized carbons (Fsp3) is 0.240. The van der Waals surface area contributed by atoms with Gasteiger partial charge in [0, 0.05) is 6.42 Å². The molecule has 2 atom stereocenters. The van der Waals surface area contributed by atoms with Crippen molar-refractivity contribution in [3.05, 3.63) is 102 Å². The Kier molecular flexibility index (Phi) is 9.58. The average molecular weight is 408 g/mol. The van der Waals surface area contributed by atoms with Gasteiger partial charge in [-0.05, 0) is 43.3 Å². The fourth-order valence-electron chi connectivity index (χ4n) is 2.86. The number of rotatable bonds is 8. The van der Waals surface area contributed by atoms with Crippen LogP contribution in [0.25, 0.3) is 0 Å². The molecule has 0 aromatic heterocycles. The van der Waals surface area contributed by atoms with E-state index in [4.69, 9.17) is 14.9 Å². The van der Waals surface area contributed by atoms with Crippen molar-refractivity contribution in [3.8, 4) is 5.75 Å². The zero-order valence-corrected chi connectivity index (χ0v) is 17.4. The number of hydrogen-bond donors (Lipinski definition) is 3. The zero-order valence-electron chi connectivity index (χ0n) is 17.4. The lowest BCUT2D eigenvalue weighted by molar-refractivity contribution is -0.146. The van der Waals surface area contributed by atoms with E-state index in [2.05, 4.69) is 42.6 Å². The Morgan fingerprint density at radius 3 is 1.97 bits per heavy atom. The van der Waals surface area contributed by atoms with Gasteiger partial charge in [0.15, 0.2) is 6.10 Å². The second-order valence-corrected chi connectivity index (χ2v) is 6.83. The molecule has 5 nitrogen and oxygen atoms in total. The molecule has 5 heteroatoms. The fourth-order valence-corrected chi connectivity index (χ4v) is 2.86. The Hall–Kier alpha value is -3.15. The minimum absolute atomic E-state index is 0.0924. The predicted molar refractivity (Wildman–Crippen MR) is 119 cm³/mol. The summed E-state index contributed by atoms with van der Waals surface area (Å²) < 4.78 is 6.19. The number of ether oxygens (including phenoxy) is 1. The van der Waals surface area contributed by atoms with Crippen molar-refractivity contribution >= 4 is 5.97 Å². The summed E-state index contributed by atoms with van der Waals surface area (Å²) in [5.74, 6) is -0.261. The number of aliphatic carboxylic acids is 1. The van der Waals surface area contributed by atoms with E-state index in [1.807, 2.05) is 31.3 Å². The Bertz CT molecular complexity index is 884. The number of benzene rings is 3. The van der Waals surface area contributed by atoms with Gasteiger partial charge >= 0.3 is 5.97 Å². The number of para-hydroxylation sites is 1. The number of aliphatic hydroxyl groups is 1. The SMILES string of the molecule is CNCC[C@@H](Oc1ccccc1C)c1ccccc1.O=C(O)[C@H](O)c1ccccc1.